The van der Waals surface area contributed by atoms with Crippen LogP contribution in [0.5, 0.6) is 0 Å². The van der Waals surface area contributed by atoms with Crippen molar-refractivity contribution in [3.63, 3.8) is 0 Å². The Bertz CT molecular complexity index is 979. The molecule has 0 saturated heterocycles. The minimum absolute atomic E-state index is 0.102. The van der Waals surface area contributed by atoms with Gasteiger partial charge in [0.1, 0.15) is 5.01 Å². The minimum atomic E-state index is -0.102. The average molecular weight is 429 g/mol. The van der Waals surface area contributed by atoms with Gasteiger partial charge in [0.05, 0.1) is 23.6 Å². The quantitative estimate of drug-likeness (QED) is 0.498. The molecule has 0 aliphatic rings. The molecule has 0 spiro atoms. The number of aromatic nitrogens is 3. The van der Waals surface area contributed by atoms with Crippen LogP contribution in [0.15, 0.2) is 29.8 Å². The number of aryl methyl sites for hydroxylation is 1. The number of carbonyl (C=O) groups is 1. The Morgan fingerprint density at radius 2 is 2.00 bits per heavy atom. The van der Waals surface area contributed by atoms with Crippen LogP contribution in [-0.4, -0.2) is 54.4 Å². The van der Waals surface area contributed by atoms with Crippen LogP contribution in [-0.2, 0) is 16.0 Å². The smallest absolute Gasteiger partial charge is 0.253 e. The molecule has 0 bridgehead atoms. The number of nitrogens with one attached hydrogen (secondary N) is 1. The van der Waals surface area contributed by atoms with E-state index in [0.717, 1.165) is 46.3 Å². The monoisotopic (exact) mass is 428 g/mol. The molecule has 0 aliphatic heterocycles. The number of rotatable bonds is 10. The number of carbonyl (C=O) groups excluding carboxylic acids is 1. The van der Waals surface area contributed by atoms with E-state index in [1.807, 2.05) is 43.6 Å². The molecule has 0 radical (unpaired) electrons. The number of thiazole rings is 1. The molecule has 0 unspecified atom stereocenters. The largest absolute Gasteiger partial charge is 0.385 e. The summed E-state index contributed by atoms with van der Waals surface area (Å²) in [5.41, 5.74) is 5.33. The maximum Gasteiger partial charge on any atom is 0.253 e. The summed E-state index contributed by atoms with van der Waals surface area (Å²) < 4.78 is 12.4. The van der Waals surface area contributed by atoms with Crippen molar-refractivity contribution < 1.29 is 14.3 Å². The molecule has 7 nitrogen and oxygen atoms in total. The fraction of sp³-hybridized carbons (Fsp3) is 0.409. The van der Waals surface area contributed by atoms with Crippen molar-refractivity contribution in [1.29, 1.82) is 0 Å². The molecule has 160 valence electrons. The van der Waals surface area contributed by atoms with Crippen LogP contribution in [0.4, 0.5) is 0 Å². The summed E-state index contributed by atoms with van der Waals surface area (Å²) >= 11 is 1.57. The number of amides is 1. The van der Waals surface area contributed by atoms with Gasteiger partial charge in [0.2, 0.25) is 0 Å². The highest BCUT2D eigenvalue weighted by Gasteiger charge is 2.20. The van der Waals surface area contributed by atoms with Gasteiger partial charge in [0, 0.05) is 62.4 Å². The van der Waals surface area contributed by atoms with Gasteiger partial charge in [0.25, 0.3) is 5.91 Å². The molecule has 8 heteroatoms. The van der Waals surface area contributed by atoms with E-state index in [2.05, 4.69) is 14.9 Å². The highest BCUT2D eigenvalue weighted by atomic mass is 32.1. The molecular formula is C22H28N4O3S. The van der Waals surface area contributed by atoms with Gasteiger partial charge in [-0.1, -0.05) is 0 Å². The van der Waals surface area contributed by atoms with Crippen molar-refractivity contribution in [2.75, 3.05) is 34.0 Å². The molecule has 30 heavy (non-hydrogen) atoms. The predicted octanol–water partition coefficient (Wildman–Crippen LogP) is 3.70. The molecule has 0 aromatic carbocycles. The van der Waals surface area contributed by atoms with Crippen LogP contribution in [0.2, 0.25) is 0 Å². The van der Waals surface area contributed by atoms with Gasteiger partial charge < -0.3 is 19.4 Å². The average Bonchev–Trinajstić information content (AvgIpc) is 3.34. The number of methoxy groups -OCH3 is 2. The second-order valence-electron chi connectivity index (χ2n) is 7.00. The normalized spacial score (nSPS) is 11.1. The maximum atomic E-state index is 12.7. The zero-order valence-corrected chi connectivity index (χ0v) is 18.7. The summed E-state index contributed by atoms with van der Waals surface area (Å²) in [6, 6.07) is 5.94. The van der Waals surface area contributed by atoms with E-state index in [0.29, 0.717) is 25.3 Å². The van der Waals surface area contributed by atoms with E-state index in [1.165, 1.54) is 0 Å². The summed E-state index contributed by atoms with van der Waals surface area (Å²) in [6.07, 6.45) is 2.69. The van der Waals surface area contributed by atoms with Crippen LogP contribution >= 0.6 is 11.3 Å². The highest BCUT2D eigenvalue weighted by Crippen LogP contribution is 2.31. The van der Waals surface area contributed by atoms with Crippen molar-refractivity contribution in [2.24, 2.45) is 0 Å². The van der Waals surface area contributed by atoms with Gasteiger partial charge in [-0.05, 0) is 38.5 Å². The van der Waals surface area contributed by atoms with Crippen LogP contribution in [0.1, 0.15) is 28.2 Å². The lowest BCUT2D eigenvalue weighted by atomic mass is 10.2. The Hall–Kier alpha value is -2.55. The van der Waals surface area contributed by atoms with Gasteiger partial charge in [-0.25, -0.2) is 4.98 Å². The van der Waals surface area contributed by atoms with Gasteiger partial charge in [0.15, 0.2) is 0 Å². The molecule has 3 aromatic heterocycles. The molecule has 0 fully saturated rings. The van der Waals surface area contributed by atoms with Crippen LogP contribution in [0.3, 0.4) is 0 Å². The third kappa shape index (κ3) is 5.13. The van der Waals surface area contributed by atoms with E-state index < -0.39 is 0 Å². The summed E-state index contributed by atoms with van der Waals surface area (Å²) in [4.78, 5) is 21.9. The zero-order chi connectivity index (χ0) is 21.5. The van der Waals surface area contributed by atoms with Crippen molar-refractivity contribution in [2.45, 2.75) is 26.8 Å². The van der Waals surface area contributed by atoms with E-state index in [9.17, 15) is 4.79 Å². The lowest BCUT2D eigenvalue weighted by Gasteiger charge is -2.11. The first-order valence-electron chi connectivity index (χ1n) is 9.90. The molecule has 3 heterocycles. The first-order valence-corrected chi connectivity index (χ1v) is 10.8. The molecular weight excluding hydrogens is 400 g/mol. The highest BCUT2D eigenvalue weighted by molar-refractivity contribution is 7.13. The lowest BCUT2D eigenvalue weighted by molar-refractivity contribution is 0.0936. The van der Waals surface area contributed by atoms with E-state index in [4.69, 9.17) is 14.5 Å². The van der Waals surface area contributed by atoms with Gasteiger partial charge in [-0.2, -0.15) is 0 Å². The second kappa shape index (κ2) is 10.5. The van der Waals surface area contributed by atoms with Crippen molar-refractivity contribution >= 4 is 17.2 Å². The first kappa shape index (κ1) is 22.1. The molecule has 1 amide bonds. The standard InChI is InChI=1S/C22H28N4O3S/c1-15-6-7-17(13-24-15)22-25-19(14-30-22)20-12-18(21(27)23-8-11-29-4)16(2)26(20)9-5-10-28-3/h6-7,12-14H,5,8-11H2,1-4H3,(H,23,27). The Kier molecular flexibility index (Phi) is 7.73. The number of hydrogen-bond donors (Lipinski definition) is 1. The number of hydrogen-bond acceptors (Lipinski definition) is 6. The molecule has 0 saturated carbocycles. The van der Waals surface area contributed by atoms with Crippen LogP contribution < -0.4 is 5.32 Å². The predicted molar refractivity (Wildman–Crippen MR) is 119 cm³/mol. The SMILES string of the molecule is COCCCn1c(-c2csc(-c3ccc(C)nc3)n2)cc(C(=O)NCCOC)c1C. The Morgan fingerprint density at radius 3 is 2.70 bits per heavy atom. The number of nitrogens with zero attached hydrogens (tertiary/aromatic N) is 3. The molecule has 3 rings (SSSR count). The molecule has 0 atom stereocenters. The molecule has 3 aromatic rings. The lowest BCUT2D eigenvalue weighted by Crippen LogP contribution is -2.27. The first-order chi connectivity index (χ1) is 14.5. The maximum absolute atomic E-state index is 12.7. The summed E-state index contributed by atoms with van der Waals surface area (Å²) in [7, 11) is 3.31. The number of pyridine rings is 1. The second-order valence-corrected chi connectivity index (χ2v) is 7.86. The topological polar surface area (TPSA) is 78.3 Å². The van der Waals surface area contributed by atoms with Gasteiger partial charge in [-0.15, -0.1) is 11.3 Å². The zero-order valence-electron chi connectivity index (χ0n) is 17.9. The molecule has 1 N–H and O–H groups in total. The van der Waals surface area contributed by atoms with E-state index >= 15 is 0 Å². The Labute approximate surface area is 181 Å². The van der Waals surface area contributed by atoms with Crippen molar-refractivity contribution in [1.82, 2.24) is 19.9 Å². The van der Waals surface area contributed by atoms with Crippen LogP contribution in [0, 0.1) is 13.8 Å². The van der Waals surface area contributed by atoms with Gasteiger partial charge in [-0.3, -0.25) is 9.78 Å². The summed E-state index contributed by atoms with van der Waals surface area (Å²) in [5, 5.41) is 5.85. The molecule has 0 aliphatic carbocycles. The fourth-order valence-corrected chi connectivity index (χ4v) is 4.03. The Morgan fingerprint density at radius 1 is 1.20 bits per heavy atom. The third-order valence-corrected chi connectivity index (χ3v) is 5.75. The minimum Gasteiger partial charge on any atom is -0.385 e. The third-order valence-electron chi connectivity index (χ3n) is 4.86. The van der Waals surface area contributed by atoms with Crippen molar-refractivity contribution in [3.05, 3.63) is 46.7 Å². The summed E-state index contributed by atoms with van der Waals surface area (Å²) in [5.74, 6) is -0.102. The van der Waals surface area contributed by atoms with E-state index in [1.54, 1.807) is 25.6 Å². The summed E-state index contributed by atoms with van der Waals surface area (Å²) in [6.45, 7) is 6.29. The van der Waals surface area contributed by atoms with Crippen LogP contribution in [0.25, 0.3) is 22.0 Å². The van der Waals surface area contributed by atoms with E-state index in [-0.39, 0.29) is 5.91 Å². The Balaban J connectivity index is 1.93. The van der Waals surface area contributed by atoms with Gasteiger partial charge >= 0.3 is 0 Å². The number of ether oxygens (including phenoxy) is 2. The van der Waals surface area contributed by atoms with Crippen molar-refractivity contribution in [3.8, 4) is 22.0 Å². The fourth-order valence-electron chi connectivity index (χ4n) is 3.22.